The van der Waals surface area contributed by atoms with Gasteiger partial charge in [0.15, 0.2) is 0 Å². The zero-order valence-corrected chi connectivity index (χ0v) is 6.31. The van der Waals surface area contributed by atoms with Crippen molar-refractivity contribution >= 4 is 0 Å². The molecule has 0 saturated carbocycles. The lowest BCUT2D eigenvalue weighted by Gasteiger charge is -2.10. The van der Waals surface area contributed by atoms with Crippen LogP contribution in [0.3, 0.4) is 0 Å². The highest BCUT2D eigenvalue weighted by Crippen LogP contribution is 2.26. The van der Waals surface area contributed by atoms with Crippen LogP contribution in [0.25, 0.3) is 0 Å². The second-order valence-corrected chi connectivity index (χ2v) is 2.82. The van der Waals surface area contributed by atoms with Gasteiger partial charge < -0.3 is 0 Å². The van der Waals surface area contributed by atoms with E-state index in [2.05, 4.69) is 39.0 Å². The van der Waals surface area contributed by atoms with Crippen molar-refractivity contribution in [2.45, 2.75) is 20.8 Å². The van der Waals surface area contributed by atoms with Gasteiger partial charge in [-0.05, 0) is 5.92 Å². The first-order valence-corrected chi connectivity index (χ1v) is 3.44. The topological polar surface area (TPSA) is 0 Å². The molecule has 1 aliphatic rings. The predicted molar refractivity (Wildman–Crippen MR) is 41.0 cm³/mol. The number of allylic oxidation sites excluding steroid dienone is 4. The molecule has 1 radical (unpaired) electrons. The Morgan fingerprint density at radius 2 is 2.00 bits per heavy atom. The van der Waals surface area contributed by atoms with E-state index in [9.17, 15) is 0 Å². The van der Waals surface area contributed by atoms with Crippen LogP contribution in [0.2, 0.25) is 0 Å². The molecule has 0 unspecified atom stereocenters. The van der Waals surface area contributed by atoms with E-state index in [1.54, 1.807) is 0 Å². The Morgan fingerprint density at radius 3 is 2.22 bits per heavy atom. The van der Waals surface area contributed by atoms with E-state index in [-0.39, 0.29) is 0 Å². The summed E-state index contributed by atoms with van der Waals surface area (Å²) in [5.41, 5.74) is 1.48. The highest BCUT2D eigenvalue weighted by Gasteiger charge is 2.12. The summed E-state index contributed by atoms with van der Waals surface area (Å²) in [6.07, 6.45) is 6.47. The van der Waals surface area contributed by atoms with Gasteiger partial charge in [0.1, 0.15) is 0 Å². The van der Waals surface area contributed by atoms with E-state index < -0.39 is 0 Å². The molecular formula is C9H13. The first-order chi connectivity index (χ1) is 4.22. The van der Waals surface area contributed by atoms with E-state index in [0.29, 0.717) is 5.92 Å². The number of hydrogen-bond donors (Lipinski definition) is 0. The monoisotopic (exact) mass is 121 g/mol. The smallest absolute Gasteiger partial charge is 0.0197 e. The molecule has 0 amide bonds. The van der Waals surface area contributed by atoms with Crippen LogP contribution in [0.4, 0.5) is 0 Å². The molecule has 0 bridgehead atoms. The molecule has 0 fully saturated rings. The van der Waals surface area contributed by atoms with Crippen LogP contribution in [0, 0.1) is 11.8 Å². The summed E-state index contributed by atoms with van der Waals surface area (Å²) in [7, 11) is 0. The molecule has 0 atom stereocenters. The third-order valence-corrected chi connectivity index (χ3v) is 1.70. The van der Waals surface area contributed by atoms with E-state index in [4.69, 9.17) is 0 Å². The highest BCUT2D eigenvalue weighted by atomic mass is 14.2. The SMILES string of the molecule is C[C]1C=CC=C1C(C)C. The van der Waals surface area contributed by atoms with E-state index in [1.165, 1.54) is 11.5 Å². The van der Waals surface area contributed by atoms with Crippen LogP contribution >= 0.6 is 0 Å². The lowest BCUT2D eigenvalue weighted by atomic mass is 9.95. The minimum absolute atomic E-state index is 0.681. The molecule has 1 aliphatic carbocycles. The zero-order chi connectivity index (χ0) is 6.85. The summed E-state index contributed by atoms with van der Waals surface area (Å²) in [6, 6.07) is 0. The van der Waals surface area contributed by atoms with Gasteiger partial charge in [-0.15, -0.1) is 0 Å². The zero-order valence-electron chi connectivity index (χ0n) is 6.31. The van der Waals surface area contributed by atoms with Crippen LogP contribution in [0.15, 0.2) is 23.8 Å². The van der Waals surface area contributed by atoms with Crippen LogP contribution in [0.1, 0.15) is 20.8 Å². The molecule has 9 heavy (non-hydrogen) atoms. The molecule has 1 rings (SSSR count). The average molecular weight is 121 g/mol. The Labute approximate surface area is 57.3 Å². The number of hydrogen-bond acceptors (Lipinski definition) is 0. The minimum Gasteiger partial charge on any atom is -0.0734 e. The van der Waals surface area contributed by atoms with Gasteiger partial charge in [-0.2, -0.15) is 0 Å². The van der Waals surface area contributed by atoms with Gasteiger partial charge in [-0.1, -0.05) is 44.6 Å². The largest absolute Gasteiger partial charge is 0.0734 e. The summed E-state index contributed by atoms with van der Waals surface area (Å²) < 4.78 is 0. The Balaban J connectivity index is 2.64. The molecular weight excluding hydrogens is 108 g/mol. The molecule has 0 heteroatoms. The van der Waals surface area contributed by atoms with E-state index in [0.717, 1.165) is 0 Å². The third kappa shape index (κ3) is 1.24. The van der Waals surface area contributed by atoms with E-state index >= 15 is 0 Å². The number of rotatable bonds is 1. The third-order valence-electron chi connectivity index (χ3n) is 1.70. The molecule has 0 nitrogen and oxygen atoms in total. The van der Waals surface area contributed by atoms with Crippen molar-refractivity contribution < 1.29 is 0 Å². The van der Waals surface area contributed by atoms with Crippen LogP contribution in [-0.4, -0.2) is 0 Å². The van der Waals surface area contributed by atoms with Crippen molar-refractivity contribution in [3.8, 4) is 0 Å². The van der Waals surface area contributed by atoms with E-state index in [1.807, 2.05) is 0 Å². The average Bonchev–Trinajstić information content (AvgIpc) is 2.13. The van der Waals surface area contributed by atoms with Gasteiger partial charge >= 0.3 is 0 Å². The molecule has 49 valence electrons. The second kappa shape index (κ2) is 2.38. The molecule has 0 saturated heterocycles. The standard InChI is InChI=1S/C9H13/c1-7(2)9-6-4-5-8(9)3/h4-7H,1-3H3. The Hall–Kier alpha value is -0.520. The quantitative estimate of drug-likeness (QED) is 0.500. The van der Waals surface area contributed by atoms with Crippen molar-refractivity contribution in [2.75, 3.05) is 0 Å². The Morgan fingerprint density at radius 1 is 1.33 bits per heavy atom. The van der Waals surface area contributed by atoms with Gasteiger partial charge in [0, 0.05) is 5.92 Å². The molecule has 0 heterocycles. The molecule has 0 aromatic heterocycles. The molecule has 0 spiro atoms. The van der Waals surface area contributed by atoms with Gasteiger partial charge in [0.25, 0.3) is 0 Å². The fourth-order valence-electron chi connectivity index (χ4n) is 1.17. The van der Waals surface area contributed by atoms with Gasteiger partial charge in [-0.25, -0.2) is 0 Å². The first kappa shape index (κ1) is 6.60. The van der Waals surface area contributed by atoms with Crippen LogP contribution < -0.4 is 0 Å². The van der Waals surface area contributed by atoms with Crippen LogP contribution in [-0.2, 0) is 0 Å². The van der Waals surface area contributed by atoms with Gasteiger partial charge in [-0.3, -0.25) is 0 Å². The maximum Gasteiger partial charge on any atom is 0.0197 e. The Bertz CT molecular complexity index is 149. The van der Waals surface area contributed by atoms with Crippen molar-refractivity contribution in [1.29, 1.82) is 0 Å². The normalized spacial score (nSPS) is 19.3. The van der Waals surface area contributed by atoms with Crippen molar-refractivity contribution in [3.63, 3.8) is 0 Å². The summed E-state index contributed by atoms with van der Waals surface area (Å²) in [5.74, 6) is 2.10. The molecule has 0 N–H and O–H groups in total. The lowest BCUT2D eigenvalue weighted by molar-refractivity contribution is 0.763. The Kier molecular flexibility index (Phi) is 1.75. The van der Waals surface area contributed by atoms with Crippen molar-refractivity contribution in [2.24, 2.45) is 5.92 Å². The fraction of sp³-hybridized carbons (Fsp3) is 0.444. The summed E-state index contributed by atoms with van der Waals surface area (Å²) in [4.78, 5) is 0. The maximum atomic E-state index is 2.22. The predicted octanol–water partition coefficient (Wildman–Crippen LogP) is 2.73. The maximum absolute atomic E-state index is 2.22. The first-order valence-electron chi connectivity index (χ1n) is 3.44. The fourth-order valence-corrected chi connectivity index (χ4v) is 1.17. The molecule has 0 aromatic rings. The summed E-state index contributed by atoms with van der Waals surface area (Å²) in [5, 5.41) is 0. The highest BCUT2D eigenvalue weighted by molar-refractivity contribution is 5.42. The van der Waals surface area contributed by atoms with Gasteiger partial charge in [0.2, 0.25) is 0 Å². The minimum atomic E-state index is 0.681. The van der Waals surface area contributed by atoms with Crippen molar-refractivity contribution in [3.05, 3.63) is 29.7 Å². The summed E-state index contributed by atoms with van der Waals surface area (Å²) in [6.45, 7) is 6.61. The lowest BCUT2D eigenvalue weighted by Crippen LogP contribution is -1.97. The van der Waals surface area contributed by atoms with Gasteiger partial charge in [0.05, 0.1) is 0 Å². The molecule has 0 aromatic carbocycles. The summed E-state index contributed by atoms with van der Waals surface area (Å²) >= 11 is 0. The second-order valence-electron chi connectivity index (χ2n) is 2.82. The van der Waals surface area contributed by atoms with Crippen molar-refractivity contribution in [1.82, 2.24) is 0 Å². The molecule has 0 aliphatic heterocycles. The van der Waals surface area contributed by atoms with Crippen LogP contribution in [0.5, 0.6) is 0 Å².